The Bertz CT molecular complexity index is 453. The van der Waals surface area contributed by atoms with E-state index in [4.69, 9.17) is 16.3 Å². The van der Waals surface area contributed by atoms with Gasteiger partial charge in [0.05, 0.1) is 13.3 Å². The number of halogens is 1. The van der Waals surface area contributed by atoms with Crippen molar-refractivity contribution in [1.82, 2.24) is 19.7 Å². The van der Waals surface area contributed by atoms with E-state index in [-0.39, 0.29) is 5.28 Å². The summed E-state index contributed by atoms with van der Waals surface area (Å²) < 4.78 is 6.65. The highest BCUT2D eigenvalue weighted by atomic mass is 35.5. The van der Waals surface area contributed by atoms with Crippen LogP contribution in [-0.4, -0.2) is 26.9 Å². The molecule has 0 spiro atoms. The van der Waals surface area contributed by atoms with Crippen LogP contribution in [0.2, 0.25) is 5.28 Å². The number of hydrogen-bond donors (Lipinski definition) is 0. The normalized spacial score (nSPS) is 10.7. The minimum atomic E-state index is 0.160. The Morgan fingerprint density at radius 3 is 2.92 bits per heavy atom. The van der Waals surface area contributed by atoms with Crippen LogP contribution < -0.4 is 4.74 Å². The molecule has 0 N–H and O–H groups in total. The van der Waals surface area contributed by atoms with E-state index in [1.165, 1.54) is 7.11 Å². The minimum Gasteiger partial charge on any atom is -0.480 e. The molecule has 5 nitrogen and oxygen atoms in total. The molecular weight excluding hydrogens is 192 g/mol. The van der Waals surface area contributed by atoms with Crippen LogP contribution in [0.1, 0.15) is 0 Å². The van der Waals surface area contributed by atoms with Gasteiger partial charge in [0.15, 0.2) is 5.65 Å². The first-order valence-electron chi connectivity index (χ1n) is 3.61. The van der Waals surface area contributed by atoms with Crippen LogP contribution in [-0.2, 0) is 7.05 Å². The first-order valence-corrected chi connectivity index (χ1v) is 3.99. The highest BCUT2D eigenvalue weighted by Crippen LogP contribution is 2.22. The Morgan fingerprint density at radius 1 is 1.46 bits per heavy atom. The molecule has 0 amide bonds. The third-order valence-electron chi connectivity index (χ3n) is 1.72. The molecule has 0 aliphatic heterocycles. The van der Waals surface area contributed by atoms with Gasteiger partial charge in [-0.15, -0.1) is 0 Å². The van der Waals surface area contributed by atoms with Crippen molar-refractivity contribution in [3.8, 4) is 5.88 Å². The van der Waals surface area contributed by atoms with Crippen molar-refractivity contribution in [2.75, 3.05) is 7.11 Å². The van der Waals surface area contributed by atoms with E-state index in [9.17, 15) is 0 Å². The third-order valence-corrected chi connectivity index (χ3v) is 1.89. The zero-order valence-electron chi connectivity index (χ0n) is 7.15. The molecule has 6 heteroatoms. The summed E-state index contributed by atoms with van der Waals surface area (Å²) in [5.41, 5.74) is 0.664. The molecule has 0 unspecified atom stereocenters. The van der Waals surface area contributed by atoms with Crippen molar-refractivity contribution in [2.45, 2.75) is 0 Å². The van der Waals surface area contributed by atoms with Crippen molar-refractivity contribution in [2.24, 2.45) is 7.05 Å². The smallest absolute Gasteiger partial charge is 0.228 e. The van der Waals surface area contributed by atoms with E-state index in [0.29, 0.717) is 11.5 Å². The average molecular weight is 199 g/mol. The molecule has 0 saturated heterocycles. The van der Waals surface area contributed by atoms with Gasteiger partial charge in [0.2, 0.25) is 11.2 Å². The highest BCUT2D eigenvalue weighted by Gasteiger charge is 2.09. The first kappa shape index (κ1) is 8.25. The van der Waals surface area contributed by atoms with Crippen LogP contribution in [0.25, 0.3) is 11.0 Å². The van der Waals surface area contributed by atoms with E-state index in [1.807, 2.05) is 0 Å². The maximum absolute atomic E-state index is 5.69. The van der Waals surface area contributed by atoms with Gasteiger partial charge in [-0.25, -0.2) is 0 Å². The number of fused-ring (bicyclic) bond motifs is 1. The van der Waals surface area contributed by atoms with Gasteiger partial charge < -0.3 is 4.74 Å². The lowest BCUT2D eigenvalue weighted by Gasteiger charge is -2.00. The van der Waals surface area contributed by atoms with Gasteiger partial charge in [0, 0.05) is 7.05 Å². The molecule has 0 radical (unpaired) electrons. The molecule has 0 bridgehead atoms. The second-order valence-corrected chi connectivity index (χ2v) is 2.85. The molecule has 2 heterocycles. The average Bonchev–Trinajstić information content (AvgIpc) is 2.47. The molecule has 0 fully saturated rings. The lowest BCUT2D eigenvalue weighted by molar-refractivity contribution is 0.402. The molecule has 2 aromatic heterocycles. The molecule has 0 saturated carbocycles. The van der Waals surface area contributed by atoms with Gasteiger partial charge in [-0.05, 0) is 11.6 Å². The van der Waals surface area contributed by atoms with E-state index in [2.05, 4.69) is 15.1 Å². The maximum Gasteiger partial charge on any atom is 0.228 e. The predicted octanol–water partition coefficient (Wildman–Crippen LogP) is 1.03. The predicted molar refractivity (Wildman–Crippen MR) is 47.9 cm³/mol. The number of aryl methyl sites for hydroxylation is 1. The largest absolute Gasteiger partial charge is 0.480 e. The molecule has 2 rings (SSSR count). The van der Waals surface area contributed by atoms with E-state index in [1.54, 1.807) is 17.9 Å². The summed E-state index contributed by atoms with van der Waals surface area (Å²) in [5, 5.41) is 4.94. The van der Waals surface area contributed by atoms with Crippen LogP contribution in [0.15, 0.2) is 6.20 Å². The topological polar surface area (TPSA) is 52.8 Å². The number of ether oxygens (including phenoxy) is 1. The Kier molecular flexibility index (Phi) is 1.81. The first-order chi connectivity index (χ1) is 6.22. The number of methoxy groups -OCH3 is 1. The molecule has 13 heavy (non-hydrogen) atoms. The molecule has 68 valence electrons. The van der Waals surface area contributed by atoms with Gasteiger partial charge in [0.1, 0.15) is 5.39 Å². The monoisotopic (exact) mass is 198 g/mol. The van der Waals surface area contributed by atoms with Crippen LogP contribution >= 0.6 is 11.6 Å². The zero-order chi connectivity index (χ0) is 9.42. The standard InChI is InChI=1S/C7H7ClN4O/c1-12-5-4(3-9-12)6(13-2)11-7(8)10-5/h3H,1-2H3. The van der Waals surface area contributed by atoms with Crippen molar-refractivity contribution in [3.05, 3.63) is 11.5 Å². The highest BCUT2D eigenvalue weighted by molar-refractivity contribution is 6.28. The second kappa shape index (κ2) is 2.85. The fourth-order valence-corrected chi connectivity index (χ4v) is 1.28. The van der Waals surface area contributed by atoms with Crippen molar-refractivity contribution >= 4 is 22.6 Å². The van der Waals surface area contributed by atoms with Crippen LogP contribution in [0.3, 0.4) is 0 Å². The lowest BCUT2D eigenvalue weighted by Crippen LogP contribution is -1.95. The number of aromatic nitrogens is 4. The third kappa shape index (κ3) is 1.21. The van der Waals surface area contributed by atoms with Crippen LogP contribution in [0, 0.1) is 0 Å². The molecular formula is C7H7ClN4O. The van der Waals surface area contributed by atoms with Crippen molar-refractivity contribution in [3.63, 3.8) is 0 Å². The summed E-state index contributed by atoms with van der Waals surface area (Å²) in [7, 11) is 3.32. The maximum atomic E-state index is 5.69. The quantitative estimate of drug-likeness (QED) is 0.643. The molecule has 0 aliphatic rings. The SMILES string of the molecule is COc1nc(Cl)nc2c1cnn2C. The van der Waals surface area contributed by atoms with E-state index < -0.39 is 0 Å². The summed E-state index contributed by atoms with van der Waals surface area (Å²) in [6.45, 7) is 0. The number of nitrogens with zero attached hydrogens (tertiary/aromatic N) is 4. The number of rotatable bonds is 1. The molecule has 0 aliphatic carbocycles. The minimum absolute atomic E-state index is 0.160. The van der Waals surface area contributed by atoms with E-state index in [0.717, 1.165) is 5.39 Å². The summed E-state index contributed by atoms with van der Waals surface area (Å²) in [5.74, 6) is 0.447. The Balaban J connectivity index is 2.84. The fraction of sp³-hybridized carbons (Fsp3) is 0.286. The van der Waals surface area contributed by atoms with Crippen LogP contribution in [0.4, 0.5) is 0 Å². The van der Waals surface area contributed by atoms with Crippen LogP contribution in [0.5, 0.6) is 5.88 Å². The fourth-order valence-electron chi connectivity index (χ4n) is 1.13. The summed E-state index contributed by atoms with van der Waals surface area (Å²) in [6, 6.07) is 0. The summed E-state index contributed by atoms with van der Waals surface area (Å²) >= 11 is 5.69. The zero-order valence-corrected chi connectivity index (χ0v) is 7.91. The lowest BCUT2D eigenvalue weighted by atomic mass is 10.4. The number of hydrogen-bond acceptors (Lipinski definition) is 4. The van der Waals surface area contributed by atoms with E-state index >= 15 is 0 Å². The molecule has 0 atom stereocenters. The summed E-state index contributed by atoms with van der Waals surface area (Å²) in [6.07, 6.45) is 1.64. The summed E-state index contributed by atoms with van der Waals surface area (Å²) in [4.78, 5) is 7.93. The Labute approximate surface area is 79.3 Å². The van der Waals surface area contributed by atoms with Gasteiger partial charge in [-0.2, -0.15) is 15.1 Å². The second-order valence-electron chi connectivity index (χ2n) is 2.51. The van der Waals surface area contributed by atoms with Crippen molar-refractivity contribution < 1.29 is 4.74 Å². The van der Waals surface area contributed by atoms with Gasteiger partial charge in [0.25, 0.3) is 0 Å². The van der Waals surface area contributed by atoms with Gasteiger partial charge >= 0.3 is 0 Å². The van der Waals surface area contributed by atoms with Crippen molar-refractivity contribution in [1.29, 1.82) is 0 Å². The molecule has 0 aromatic carbocycles. The van der Waals surface area contributed by atoms with Gasteiger partial charge in [-0.3, -0.25) is 4.68 Å². The van der Waals surface area contributed by atoms with Gasteiger partial charge in [-0.1, -0.05) is 0 Å². The Morgan fingerprint density at radius 2 is 2.23 bits per heavy atom. The Hall–Kier alpha value is -1.36. The molecule has 2 aromatic rings.